The summed E-state index contributed by atoms with van der Waals surface area (Å²) in [6, 6.07) is 0. The molecule has 0 spiro atoms. The molecule has 0 aliphatic carbocycles. The quantitative estimate of drug-likeness (QED) is 0.372. The number of rotatable bonds is 0. The van der Waals surface area contributed by atoms with E-state index in [4.69, 9.17) is 4.79 Å². The van der Waals surface area contributed by atoms with Crippen molar-refractivity contribution in [1.82, 2.24) is 0 Å². The number of hydrogen-bond acceptors (Lipinski definition) is 1. The van der Waals surface area contributed by atoms with Crippen LogP contribution in [0.3, 0.4) is 0 Å². The summed E-state index contributed by atoms with van der Waals surface area (Å²) in [5.74, 6) is 0.833. The van der Waals surface area contributed by atoms with Crippen molar-refractivity contribution in [3.8, 4) is 0 Å². The topological polar surface area (TPSA) is 17.1 Å². The molecule has 1 nitrogen and oxygen atoms in total. The third-order valence-corrected chi connectivity index (χ3v) is 0. The normalized spacial score (nSPS) is 5.71. The van der Waals surface area contributed by atoms with E-state index in [1.165, 1.54) is 0 Å². The SMILES string of the molecule is CC(C)C.[CH-]=O.[Co]. The maximum atomic E-state index is 7.75. The molecular formula is C5H11CoO-. The first kappa shape index (κ1) is 15.7. The van der Waals surface area contributed by atoms with Gasteiger partial charge in [-0.05, 0) is 5.92 Å². The van der Waals surface area contributed by atoms with Crippen LogP contribution in [0.4, 0.5) is 0 Å². The van der Waals surface area contributed by atoms with Crippen LogP contribution in [0.2, 0.25) is 0 Å². The van der Waals surface area contributed by atoms with Gasteiger partial charge in [-0.15, -0.1) is 0 Å². The van der Waals surface area contributed by atoms with Crippen molar-refractivity contribution in [3.05, 3.63) is 0 Å². The first-order chi connectivity index (χ1) is 2.73. The molecule has 0 aliphatic heterocycles. The van der Waals surface area contributed by atoms with Crippen LogP contribution >= 0.6 is 0 Å². The van der Waals surface area contributed by atoms with Gasteiger partial charge in [-0.25, -0.2) is 0 Å². The maximum absolute atomic E-state index is 7.75. The average Bonchev–Trinajstić information content (AvgIpc) is 1.41. The molecule has 1 radical (unpaired) electrons. The summed E-state index contributed by atoms with van der Waals surface area (Å²) in [6.45, 7) is 9.75. The summed E-state index contributed by atoms with van der Waals surface area (Å²) < 4.78 is 0. The third-order valence-electron chi connectivity index (χ3n) is 0. The van der Waals surface area contributed by atoms with Gasteiger partial charge in [-0.3, -0.25) is 6.79 Å². The van der Waals surface area contributed by atoms with Gasteiger partial charge in [0.05, 0.1) is 0 Å². The summed E-state index contributed by atoms with van der Waals surface area (Å²) in [7, 11) is 0. The van der Waals surface area contributed by atoms with Gasteiger partial charge in [0.25, 0.3) is 0 Å². The Labute approximate surface area is 55.7 Å². The van der Waals surface area contributed by atoms with Crippen LogP contribution in [0, 0.1) is 5.92 Å². The second-order valence-corrected chi connectivity index (χ2v) is 1.73. The number of carbonyl (C=O) groups excluding carboxylic acids is 1. The molecule has 0 bridgehead atoms. The van der Waals surface area contributed by atoms with Crippen LogP contribution in [-0.4, -0.2) is 6.79 Å². The average molecular weight is 146 g/mol. The zero-order chi connectivity index (χ0) is 5.58. The Kier molecular flexibility index (Phi) is 36.8. The Bertz CT molecular complexity index is 19.3. The molecule has 0 fully saturated rings. The van der Waals surface area contributed by atoms with E-state index in [-0.39, 0.29) is 16.8 Å². The van der Waals surface area contributed by atoms with Gasteiger partial charge in [-0.1, -0.05) is 20.8 Å². The predicted molar refractivity (Wildman–Crippen MR) is 27.3 cm³/mol. The van der Waals surface area contributed by atoms with Crippen LogP contribution in [0.5, 0.6) is 0 Å². The Balaban J connectivity index is -0.0000000480. The third kappa shape index (κ3) is 3460. The van der Waals surface area contributed by atoms with E-state index in [1.54, 1.807) is 0 Å². The van der Waals surface area contributed by atoms with Crippen molar-refractivity contribution in [3.63, 3.8) is 0 Å². The molecule has 0 aromatic rings. The minimum atomic E-state index is 0. The Hall–Kier alpha value is 0.176. The van der Waals surface area contributed by atoms with Gasteiger partial charge in [0.2, 0.25) is 0 Å². The van der Waals surface area contributed by atoms with Crippen LogP contribution in [0.1, 0.15) is 20.8 Å². The summed E-state index contributed by atoms with van der Waals surface area (Å²) >= 11 is 0. The van der Waals surface area contributed by atoms with Gasteiger partial charge in [0.15, 0.2) is 0 Å². The fourth-order valence-corrected chi connectivity index (χ4v) is 0. The molecule has 0 unspecified atom stereocenters. The zero-order valence-corrected chi connectivity index (χ0v) is 5.94. The van der Waals surface area contributed by atoms with Gasteiger partial charge < -0.3 is 4.79 Å². The second kappa shape index (κ2) is 16.4. The van der Waals surface area contributed by atoms with Gasteiger partial charge >= 0.3 is 0 Å². The smallest absolute Gasteiger partial charge is 0 e. The zero-order valence-electron chi connectivity index (χ0n) is 4.90. The second-order valence-electron chi connectivity index (χ2n) is 1.73. The maximum Gasteiger partial charge on any atom is 0 e. The molecule has 0 aliphatic rings. The molecule has 47 valence electrons. The van der Waals surface area contributed by atoms with Gasteiger partial charge in [0.1, 0.15) is 0 Å². The van der Waals surface area contributed by atoms with Crippen molar-refractivity contribution in [1.29, 1.82) is 0 Å². The fourth-order valence-electron chi connectivity index (χ4n) is 0. The standard InChI is InChI=1S/C4H10.CHO.Co/c1-4(2)3;1-2;/h4H,1-3H3;1H;/q;-1;. The van der Waals surface area contributed by atoms with E-state index >= 15 is 0 Å². The van der Waals surface area contributed by atoms with Crippen LogP contribution in [0.25, 0.3) is 0 Å². The van der Waals surface area contributed by atoms with Gasteiger partial charge in [0, 0.05) is 16.8 Å². The van der Waals surface area contributed by atoms with Crippen molar-refractivity contribution in [2.45, 2.75) is 20.8 Å². The molecular weight excluding hydrogens is 135 g/mol. The van der Waals surface area contributed by atoms with E-state index in [0.29, 0.717) is 0 Å². The monoisotopic (exact) mass is 146 g/mol. The van der Waals surface area contributed by atoms with Crippen LogP contribution < -0.4 is 0 Å². The predicted octanol–water partition coefficient (Wildman–Crippen LogP) is 1.39. The largest absolute Gasteiger partial charge is 0.545 e. The van der Waals surface area contributed by atoms with Crippen LogP contribution in [0.15, 0.2) is 0 Å². The summed E-state index contributed by atoms with van der Waals surface area (Å²) in [4.78, 5) is 7.75. The molecule has 0 atom stereocenters. The molecule has 0 N–H and O–H groups in total. The molecule has 2 heteroatoms. The van der Waals surface area contributed by atoms with Crippen molar-refractivity contribution in [2.24, 2.45) is 5.92 Å². The number of hydrogen-bond donors (Lipinski definition) is 0. The van der Waals surface area contributed by atoms with Crippen LogP contribution in [-0.2, 0) is 21.6 Å². The Morgan fingerprint density at radius 1 is 1.14 bits per heavy atom. The van der Waals surface area contributed by atoms with E-state index < -0.39 is 0 Å². The van der Waals surface area contributed by atoms with E-state index in [0.717, 1.165) is 5.92 Å². The molecule has 0 saturated carbocycles. The molecule has 0 saturated heterocycles. The van der Waals surface area contributed by atoms with E-state index in [2.05, 4.69) is 27.6 Å². The van der Waals surface area contributed by atoms with Gasteiger partial charge in [-0.2, -0.15) is 0 Å². The van der Waals surface area contributed by atoms with Crippen molar-refractivity contribution >= 4 is 6.79 Å². The molecule has 0 heterocycles. The molecule has 0 aromatic carbocycles. The molecule has 0 rings (SSSR count). The van der Waals surface area contributed by atoms with Crippen molar-refractivity contribution < 1.29 is 21.6 Å². The molecule has 7 heavy (non-hydrogen) atoms. The fraction of sp³-hybridized carbons (Fsp3) is 0.800. The summed E-state index contributed by atoms with van der Waals surface area (Å²) in [5, 5.41) is 0. The summed E-state index contributed by atoms with van der Waals surface area (Å²) in [6.07, 6.45) is 0. The first-order valence-corrected chi connectivity index (χ1v) is 1.97. The minimum absolute atomic E-state index is 0. The Morgan fingerprint density at radius 2 is 1.14 bits per heavy atom. The van der Waals surface area contributed by atoms with E-state index in [1.807, 2.05) is 0 Å². The summed E-state index contributed by atoms with van der Waals surface area (Å²) in [5.41, 5.74) is 0. The first-order valence-electron chi connectivity index (χ1n) is 1.97. The van der Waals surface area contributed by atoms with E-state index in [9.17, 15) is 0 Å². The minimum Gasteiger partial charge on any atom is -0.545 e. The Morgan fingerprint density at radius 3 is 1.14 bits per heavy atom. The molecule has 0 aromatic heterocycles. The molecule has 0 amide bonds. The van der Waals surface area contributed by atoms with Crippen molar-refractivity contribution in [2.75, 3.05) is 0 Å².